The fourth-order valence-corrected chi connectivity index (χ4v) is 8.11. The fraction of sp³-hybridized carbons (Fsp3) is 0.778. The van der Waals surface area contributed by atoms with Crippen molar-refractivity contribution < 1.29 is 61.0 Å². The zero-order chi connectivity index (χ0) is 44.6. The maximum absolute atomic E-state index is 8.17. The van der Waals surface area contributed by atoms with Gasteiger partial charge < -0.3 is 61.0 Å². The Labute approximate surface area is 382 Å². The first-order chi connectivity index (χ1) is 31.3. The Morgan fingerprint density at radius 1 is 0.397 bits per heavy atom. The van der Waals surface area contributed by atoms with Gasteiger partial charge in [0.15, 0.2) is 10.3 Å². The van der Waals surface area contributed by atoms with E-state index in [4.69, 9.17) is 72.0 Å². The molecule has 0 saturated carbocycles. The molecule has 0 N–H and O–H groups in total. The maximum atomic E-state index is 8.17. The van der Waals surface area contributed by atoms with E-state index in [1.54, 1.807) is 48.3 Å². The summed E-state index contributed by atoms with van der Waals surface area (Å²) < 4.78 is 71.3. The van der Waals surface area contributed by atoms with Gasteiger partial charge in [-0.2, -0.15) is 0 Å². The first-order valence-electron chi connectivity index (χ1n) is 20.3. The highest BCUT2D eigenvalue weighted by Crippen LogP contribution is 2.13. The summed E-state index contributed by atoms with van der Waals surface area (Å²) >= 11 is 3.11. The Morgan fingerprint density at radius 2 is 0.651 bits per heavy atom. The molecule has 2 rings (SSSR count). The molecule has 0 saturated heterocycles. The van der Waals surface area contributed by atoms with Crippen molar-refractivity contribution in [3.05, 3.63) is 56.8 Å². The summed E-state index contributed by atoms with van der Waals surface area (Å²) in [5.41, 5.74) is 18.1. The predicted molar refractivity (Wildman–Crippen MR) is 234 cm³/mol. The normalized spacial score (nSPS) is 11.2. The predicted octanol–water partition coefficient (Wildman–Crippen LogP) is 3.14. The monoisotopic (exact) mass is 960 g/mol. The highest BCUT2D eigenvalue weighted by Gasteiger charge is 2.05. The van der Waals surface area contributed by atoms with Crippen molar-refractivity contribution in [3.8, 4) is 0 Å². The molecule has 2 heterocycles. The molecule has 0 spiro atoms. The lowest BCUT2D eigenvalue weighted by atomic mass is 10.4. The average Bonchev–Trinajstić information content (AvgIpc) is 3.30. The molecule has 0 fully saturated rings. The average molecular weight is 961 g/mol. The molecule has 0 aliphatic rings. The molecule has 2 aromatic rings. The molecule has 0 unspecified atom stereocenters. The number of ether oxygens (including phenoxy) is 12. The first kappa shape index (κ1) is 56.5. The Kier molecular flexibility index (Phi) is 41.2. The Morgan fingerprint density at radius 3 is 0.921 bits per heavy atom. The van der Waals surface area contributed by atoms with Gasteiger partial charge in [0, 0.05) is 69.6 Å². The van der Waals surface area contributed by atoms with Crippen molar-refractivity contribution in [1.82, 2.24) is 19.9 Å². The van der Waals surface area contributed by atoms with E-state index in [0.29, 0.717) is 201 Å². The van der Waals surface area contributed by atoms with Gasteiger partial charge in [0.1, 0.15) is 0 Å². The molecule has 0 aliphatic carbocycles. The third-order valence-electron chi connectivity index (χ3n) is 7.08. The fourth-order valence-electron chi connectivity index (χ4n) is 4.16. The lowest BCUT2D eigenvalue weighted by Crippen LogP contribution is -2.14. The van der Waals surface area contributed by atoms with Gasteiger partial charge in [-0.25, -0.2) is 19.9 Å². The van der Waals surface area contributed by atoms with Crippen molar-refractivity contribution >= 4 is 43.1 Å². The maximum Gasteiger partial charge on any atom is 0.226 e. The van der Waals surface area contributed by atoms with Crippen LogP contribution >= 0.6 is 23.5 Å². The molecule has 27 heteroatoms. The van der Waals surface area contributed by atoms with Crippen molar-refractivity contribution in [3.63, 3.8) is 0 Å². The topological polar surface area (TPSA) is 269 Å². The van der Waals surface area contributed by atoms with Crippen LogP contribution in [-0.4, -0.2) is 209 Å². The quantitative estimate of drug-likeness (QED) is 0.0175. The van der Waals surface area contributed by atoms with Crippen LogP contribution in [0.15, 0.2) is 45.3 Å². The van der Waals surface area contributed by atoms with Crippen molar-refractivity contribution in [1.29, 1.82) is 0 Å². The van der Waals surface area contributed by atoms with Crippen LogP contribution in [0.1, 0.15) is 11.1 Å². The highest BCUT2D eigenvalue weighted by molar-refractivity contribution is 8.00. The summed E-state index contributed by atoms with van der Waals surface area (Å²) in [7, 11) is 0.667. The summed E-state index contributed by atoms with van der Waals surface area (Å²) in [6.07, 6.45) is 7.10. The van der Waals surface area contributed by atoms with Gasteiger partial charge in [-0.3, -0.25) is 0 Å². The van der Waals surface area contributed by atoms with Gasteiger partial charge in [-0.05, 0) is 11.1 Å². The SMILES string of the molecule is [N-]=[N+]=NCCOCCOCCOCCOCCOCCOCc1cnc(SC[Si]O[Si]CSc2ncc(COCCOCCOCCOCCOCCOCCN=[N+]=[N-])cn2)nc1. The summed E-state index contributed by atoms with van der Waals surface area (Å²) in [6.45, 7) is 11.6. The second kappa shape index (κ2) is 45.9. The molecule has 23 nitrogen and oxygen atoms in total. The Bertz CT molecular complexity index is 1320. The molecule has 352 valence electrons. The second-order valence-corrected chi connectivity index (χ2v) is 16.9. The van der Waals surface area contributed by atoms with Crippen LogP contribution < -0.4 is 0 Å². The lowest BCUT2D eigenvalue weighted by Gasteiger charge is -2.08. The van der Waals surface area contributed by atoms with Crippen LogP contribution in [-0.2, 0) is 74.2 Å². The van der Waals surface area contributed by atoms with Crippen molar-refractivity contribution in [2.24, 2.45) is 10.2 Å². The van der Waals surface area contributed by atoms with Gasteiger partial charge in [0.25, 0.3) is 0 Å². The number of hydrogen-bond donors (Lipinski definition) is 0. The van der Waals surface area contributed by atoms with Gasteiger partial charge in [0.05, 0.1) is 159 Å². The Balaban J connectivity index is 1.29. The summed E-state index contributed by atoms with van der Waals surface area (Å²) in [4.78, 5) is 23.0. The molecule has 0 aliphatic heterocycles. The van der Waals surface area contributed by atoms with Crippen LogP contribution in [0.5, 0.6) is 0 Å². The van der Waals surface area contributed by atoms with Crippen molar-refractivity contribution in [2.75, 3.05) is 169 Å². The highest BCUT2D eigenvalue weighted by atomic mass is 32.2. The molecular formula is C36H60N10O13S2Si2. The first-order valence-corrected chi connectivity index (χ1v) is 24.5. The molecule has 0 amide bonds. The van der Waals surface area contributed by atoms with E-state index in [2.05, 4.69) is 40.0 Å². The molecule has 0 aromatic carbocycles. The number of azide groups is 2. The van der Waals surface area contributed by atoms with E-state index >= 15 is 0 Å². The van der Waals surface area contributed by atoms with Gasteiger partial charge in [0.2, 0.25) is 19.5 Å². The molecule has 2 aromatic heterocycles. The van der Waals surface area contributed by atoms with Crippen molar-refractivity contribution in [2.45, 2.75) is 23.5 Å². The summed E-state index contributed by atoms with van der Waals surface area (Å²) in [5.74, 6) is 0. The third kappa shape index (κ3) is 38.4. The summed E-state index contributed by atoms with van der Waals surface area (Å²) in [6, 6.07) is 0. The largest absolute Gasteiger partial charge is 0.456 e. The van der Waals surface area contributed by atoms with E-state index in [-0.39, 0.29) is 0 Å². The van der Waals surface area contributed by atoms with Gasteiger partial charge in [-0.15, -0.1) is 0 Å². The van der Waals surface area contributed by atoms with Crippen LogP contribution in [0.25, 0.3) is 20.9 Å². The molecule has 63 heavy (non-hydrogen) atoms. The number of hydrogen-bond acceptors (Lipinski definition) is 21. The summed E-state index contributed by atoms with van der Waals surface area (Å²) in [5, 5.41) is 9.71. The smallest absolute Gasteiger partial charge is 0.226 e. The standard InChI is InChI=1S/C36H60N10O13S2Si2/c37-45-43-1-3-47-5-7-49-9-11-51-13-15-53-17-19-55-21-23-57-29-33-25-39-35(40-26-33)60-31-62-59-63-32-61-36-41-27-34(28-42-36)30-58-24-22-56-20-18-54-16-14-52-12-10-50-8-6-48-4-2-44-46-38/h25-28H,1-24,29-32H2. The van der Waals surface area contributed by atoms with E-state index in [9.17, 15) is 0 Å². The van der Waals surface area contributed by atoms with Gasteiger partial charge >= 0.3 is 0 Å². The molecule has 4 radical (unpaired) electrons. The number of rotatable bonds is 48. The lowest BCUT2D eigenvalue weighted by molar-refractivity contribution is -0.0174. The van der Waals surface area contributed by atoms with E-state index in [1.807, 2.05) is 0 Å². The minimum atomic E-state index is 0.320. The second-order valence-electron chi connectivity index (χ2n) is 11.9. The van der Waals surface area contributed by atoms with Crippen LogP contribution in [0.3, 0.4) is 0 Å². The minimum absolute atomic E-state index is 0.320. The molecule has 0 atom stereocenters. The van der Waals surface area contributed by atoms with E-state index in [0.717, 1.165) is 21.9 Å². The zero-order valence-corrected chi connectivity index (χ0v) is 39.3. The number of aromatic nitrogens is 4. The van der Waals surface area contributed by atoms with E-state index in [1.165, 1.54) is 0 Å². The van der Waals surface area contributed by atoms with Crippen LogP contribution in [0, 0.1) is 0 Å². The molecular weight excluding hydrogens is 901 g/mol. The van der Waals surface area contributed by atoms with E-state index < -0.39 is 0 Å². The van der Waals surface area contributed by atoms with Crippen LogP contribution in [0.4, 0.5) is 0 Å². The number of nitrogens with zero attached hydrogens (tertiary/aromatic N) is 10. The number of thioether (sulfide) groups is 2. The third-order valence-corrected chi connectivity index (χ3v) is 11.3. The molecule has 0 bridgehead atoms. The zero-order valence-electron chi connectivity index (χ0n) is 35.7. The van der Waals surface area contributed by atoms with Crippen LogP contribution in [0.2, 0.25) is 0 Å². The Hall–Kier alpha value is -2.61. The minimum Gasteiger partial charge on any atom is -0.456 e. The van der Waals surface area contributed by atoms with Gasteiger partial charge in [-0.1, -0.05) is 33.8 Å².